The van der Waals surface area contributed by atoms with Gasteiger partial charge >= 0.3 is 0 Å². The molecule has 2 heterocycles. The maximum absolute atomic E-state index is 12.5. The van der Waals surface area contributed by atoms with Crippen LogP contribution >= 0.6 is 12.4 Å². The third-order valence-corrected chi connectivity index (χ3v) is 6.85. The van der Waals surface area contributed by atoms with Gasteiger partial charge in [0, 0.05) is 31.6 Å². The number of sulfonamides is 1. The minimum absolute atomic E-state index is 0. The molecular formula is C18H28ClN3O3S. The summed E-state index contributed by atoms with van der Waals surface area (Å²) < 4.78 is 26.6. The highest BCUT2D eigenvalue weighted by molar-refractivity contribution is 7.88. The van der Waals surface area contributed by atoms with Crippen LogP contribution in [0.4, 0.5) is 0 Å². The Hall–Kier alpha value is -1.15. The highest BCUT2D eigenvalue weighted by Crippen LogP contribution is 2.18. The van der Waals surface area contributed by atoms with Gasteiger partial charge in [-0.25, -0.2) is 12.7 Å². The van der Waals surface area contributed by atoms with Gasteiger partial charge in [0.25, 0.3) is 0 Å². The predicted octanol–water partition coefficient (Wildman–Crippen LogP) is 1.66. The van der Waals surface area contributed by atoms with Gasteiger partial charge in [-0.3, -0.25) is 4.79 Å². The molecule has 3 rings (SSSR count). The van der Waals surface area contributed by atoms with Crippen molar-refractivity contribution in [3.8, 4) is 0 Å². The zero-order valence-corrected chi connectivity index (χ0v) is 16.5. The molecule has 1 aromatic rings. The standard InChI is InChI=1S/C18H27N3O3S.ClH/c22-18(13-17-7-4-10-19-17)20-16-8-11-21(12-9-16)25(23,24)14-15-5-2-1-3-6-15;/h1-3,5-6,16-17,19H,4,7-14H2,(H,20,22);1H. The van der Waals surface area contributed by atoms with Crippen LogP contribution in [0, 0.1) is 0 Å². The lowest BCUT2D eigenvalue weighted by Crippen LogP contribution is -2.47. The monoisotopic (exact) mass is 401 g/mol. The number of carbonyl (C=O) groups excluding carboxylic acids is 1. The van der Waals surface area contributed by atoms with Crippen molar-refractivity contribution in [1.29, 1.82) is 0 Å². The lowest BCUT2D eigenvalue weighted by Gasteiger charge is -2.31. The van der Waals surface area contributed by atoms with E-state index in [0.29, 0.717) is 38.4 Å². The van der Waals surface area contributed by atoms with Gasteiger partial charge in [-0.2, -0.15) is 0 Å². The molecule has 0 aromatic heterocycles. The minimum atomic E-state index is -3.30. The fourth-order valence-corrected chi connectivity index (χ4v) is 5.16. The zero-order valence-electron chi connectivity index (χ0n) is 14.9. The quantitative estimate of drug-likeness (QED) is 0.759. The van der Waals surface area contributed by atoms with Crippen molar-refractivity contribution >= 4 is 28.3 Å². The van der Waals surface area contributed by atoms with E-state index in [4.69, 9.17) is 0 Å². The first-order valence-corrected chi connectivity index (χ1v) is 10.7. The van der Waals surface area contributed by atoms with Crippen LogP contribution < -0.4 is 10.6 Å². The van der Waals surface area contributed by atoms with E-state index in [0.717, 1.165) is 24.9 Å². The summed E-state index contributed by atoms with van der Waals surface area (Å²) in [5, 5.41) is 6.39. The maximum Gasteiger partial charge on any atom is 0.221 e. The Balaban J connectivity index is 0.00000243. The Morgan fingerprint density at radius 2 is 1.85 bits per heavy atom. The molecule has 1 atom stereocenters. The lowest BCUT2D eigenvalue weighted by molar-refractivity contribution is -0.122. The van der Waals surface area contributed by atoms with Crippen LogP contribution in [-0.2, 0) is 20.6 Å². The molecule has 1 aromatic carbocycles. The van der Waals surface area contributed by atoms with Crippen molar-refractivity contribution in [2.24, 2.45) is 0 Å². The average molecular weight is 402 g/mol. The second kappa shape index (κ2) is 9.69. The van der Waals surface area contributed by atoms with Crippen LogP contribution in [0.3, 0.4) is 0 Å². The SMILES string of the molecule is Cl.O=C(CC1CCCN1)NC1CCN(S(=O)(=O)Cc2ccccc2)CC1. The van der Waals surface area contributed by atoms with E-state index >= 15 is 0 Å². The molecule has 146 valence electrons. The summed E-state index contributed by atoms with van der Waals surface area (Å²) in [6.45, 7) is 1.94. The molecule has 6 nitrogen and oxygen atoms in total. The lowest BCUT2D eigenvalue weighted by atomic mass is 10.1. The van der Waals surface area contributed by atoms with Gasteiger partial charge in [0.15, 0.2) is 0 Å². The predicted molar refractivity (Wildman–Crippen MR) is 105 cm³/mol. The molecule has 1 amide bonds. The van der Waals surface area contributed by atoms with E-state index in [1.807, 2.05) is 30.3 Å². The van der Waals surface area contributed by atoms with Gasteiger partial charge in [-0.15, -0.1) is 12.4 Å². The number of nitrogens with one attached hydrogen (secondary N) is 2. The second-order valence-corrected chi connectivity index (χ2v) is 8.95. The Labute approximate surface area is 162 Å². The summed E-state index contributed by atoms with van der Waals surface area (Å²) in [7, 11) is -3.30. The number of hydrogen-bond donors (Lipinski definition) is 2. The van der Waals surface area contributed by atoms with Gasteiger partial charge in [0.1, 0.15) is 0 Å². The third kappa shape index (κ3) is 5.94. The van der Waals surface area contributed by atoms with Gasteiger partial charge in [-0.1, -0.05) is 30.3 Å². The molecule has 26 heavy (non-hydrogen) atoms. The van der Waals surface area contributed by atoms with Crippen LogP contribution in [0.2, 0.25) is 0 Å². The van der Waals surface area contributed by atoms with E-state index in [-0.39, 0.29) is 30.1 Å². The molecule has 0 saturated carbocycles. The Bertz CT molecular complexity index is 670. The van der Waals surface area contributed by atoms with Crippen LogP contribution in [0.5, 0.6) is 0 Å². The number of piperidine rings is 1. The van der Waals surface area contributed by atoms with E-state index < -0.39 is 10.0 Å². The van der Waals surface area contributed by atoms with Crippen LogP contribution in [0.15, 0.2) is 30.3 Å². The maximum atomic E-state index is 12.5. The van der Waals surface area contributed by atoms with Crippen LogP contribution in [-0.4, -0.2) is 50.3 Å². The summed E-state index contributed by atoms with van der Waals surface area (Å²) >= 11 is 0. The second-order valence-electron chi connectivity index (χ2n) is 6.98. The van der Waals surface area contributed by atoms with Crippen LogP contribution in [0.1, 0.15) is 37.7 Å². The summed E-state index contributed by atoms with van der Waals surface area (Å²) in [5.74, 6) is 0.114. The topological polar surface area (TPSA) is 78.5 Å². The molecule has 0 radical (unpaired) electrons. The van der Waals surface area contributed by atoms with E-state index in [1.54, 1.807) is 4.31 Å². The van der Waals surface area contributed by atoms with E-state index in [1.165, 1.54) is 0 Å². The Morgan fingerprint density at radius 3 is 2.46 bits per heavy atom. The smallest absolute Gasteiger partial charge is 0.221 e. The van der Waals surface area contributed by atoms with Crippen molar-refractivity contribution in [2.45, 2.75) is 49.9 Å². The first-order chi connectivity index (χ1) is 12.0. The minimum Gasteiger partial charge on any atom is -0.353 e. The molecule has 2 aliphatic heterocycles. The third-order valence-electron chi connectivity index (χ3n) is 5.00. The average Bonchev–Trinajstić information content (AvgIpc) is 3.08. The summed E-state index contributed by atoms with van der Waals surface area (Å²) in [5.41, 5.74) is 0.807. The fraction of sp³-hybridized carbons (Fsp3) is 0.611. The van der Waals surface area contributed by atoms with Crippen molar-refractivity contribution in [3.63, 3.8) is 0 Å². The van der Waals surface area contributed by atoms with Gasteiger partial charge in [0.2, 0.25) is 15.9 Å². The summed E-state index contributed by atoms with van der Waals surface area (Å²) in [6, 6.07) is 9.63. The van der Waals surface area contributed by atoms with E-state index in [2.05, 4.69) is 10.6 Å². The molecule has 2 saturated heterocycles. The van der Waals surface area contributed by atoms with Crippen LogP contribution in [0.25, 0.3) is 0 Å². The summed E-state index contributed by atoms with van der Waals surface area (Å²) in [4.78, 5) is 12.1. The molecule has 2 N–H and O–H groups in total. The highest BCUT2D eigenvalue weighted by atomic mass is 35.5. The highest BCUT2D eigenvalue weighted by Gasteiger charge is 2.29. The number of rotatable bonds is 6. The Morgan fingerprint density at radius 1 is 1.15 bits per heavy atom. The molecule has 2 aliphatic rings. The first-order valence-electron chi connectivity index (χ1n) is 9.07. The van der Waals surface area contributed by atoms with Gasteiger partial charge in [-0.05, 0) is 37.8 Å². The normalized spacial score (nSPS) is 21.9. The molecule has 8 heteroatoms. The number of hydrogen-bond acceptors (Lipinski definition) is 4. The number of nitrogens with zero attached hydrogens (tertiary/aromatic N) is 1. The van der Waals surface area contributed by atoms with Crippen molar-refractivity contribution in [2.75, 3.05) is 19.6 Å². The number of amides is 1. The molecule has 0 aliphatic carbocycles. The first kappa shape index (κ1) is 21.2. The van der Waals surface area contributed by atoms with E-state index in [9.17, 15) is 13.2 Å². The fourth-order valence-electron chi connectivity index (χ4n) is 3.60. The number of halogens is 1. The molecule has 0 bridgehead atoms. The number of benzene rings is 1. The van der Waals surface area contributed by atoms with Gasteiger partial charge < -0.3 is 10.6 Å². The largest absolute Gasteiger partial charge is 0.353 e. The molecular weight excluding hydrogens is 374 g/mol. The Kier molecular flexibility index (Phi) is 7.88. The van der Waals surface area contributed by atoms with Gasteiger partial charge in [0.05, 0.1) is 5.75 Å². The summed E-state index contributed by atoms with van der Waals surface area (Å²) in [6.07, 6.45) is 4.07. The molecule has 2 fully saturated rings. The molecule has 0 spiro atoms. The zero-order chi connectivity index (χ0) is 17.7. The number of carbonyl (C=O) groups is 1. The van der Waals surface area contributed by atoms with Crippen molar-refractivity contribution < 1.29 is 13.2 Å². The molecule has 1 unspecified atom stereocenters. The van der Waals surface area contributed by atoms with Crippen molar-refractivity contribution in [1.82, 2.24) is 14.9 Å². The van der Waals surface area contributed by atoms with Crippen molar-refractivity contribution in [3.05, 3.63) is 35.9 Å².